The van der Waals surface area contributed by atoms with Crippen molar-refractivity contribution in [3.63, 3.8) is 0 Å². The van der Waals surface area contributed by atoms with Crippen LogP contribution in [0.1, 0.15) is 48.5 Å². The van der Waals surface area contributed by atoms with Gasteiger partial charge in [0.05, 0.1) is 11.7 Å². The number of aryl methyl sites for hydroxylation is 1. The van der Waals surface area contributed by atoms with Gasteiger partial charge >= 0.3 is 6.09 Å². The molecule has 0 aromatic carbocycles. The number of hydrogen-bond acceptors (Lipinski definition) is 6. The number of rotatable bonds is 4. The van der Waals surface area contributed by atoms with Gasteiger partial charge in [-0.2, -0.15) is 0 Å². The fraction of sp³-hybridized carbons (Fsp3) is 0.750. The first-order valence-corrected chi connectivity index (χ1v) is 9.28. The van der Waals surface area contributed by atoms with Crippen LogP contribution in [0.2, 0.25) is 0 Å². The summed E-state index contributed by atoms with van der Waals surface area (Å²) in [5, 5.41) is 3.91. The van der Waals surface area contributed by atoms with Crippen molar-refractivity contribution >= 4 is 23.5 Å². The number of cyclic esters (lactones) is 1. The molecule has 1 atom stereocenters. The van der Waals surface area contributed by atoms with Crippen molar-refractivity contribution in [1.29, 1.82) is 0 Å². The Hall–Kier alpha value is -1.70. The average molecular weight is 352 g/mol. The molecule has 0 unspecified atom stereocenters. The van der Waals surface area contributed by atoms with Crippen LogP contribution < -0.4 is 0 Å². The molecule has 0 bridgehead atoms. The van der Waals surface area contributed by atoms with Crippen LogP contribution >= 0.6 is 11.5 Å². The SMILES string of the molecule is Cc1nnsc1C(=O)N1CCC(N2C(=O)OC[C@@H]2CC(C)C)CC1. The highest BCUT2D eigenvalue weighted by atomic mass is 32.1. The van der Waals surface area contributed by atoms with E-state index in [0.29, 0.717) is 36.2 Å². The van der Waals surface area contributed by atoms with E-state index in [1.165, 1.54) is 0 Å². The van der Waals surface area contributed by atoms with Gasteiger partial charge in [-0.3, -0.25) is 9.69 Å². The third-order valence-corrected chi connectivity index (χ3v) is 5.55. The molecule has 3 heterocycles. The third kappa shape index (κ3) is 3.38. The monoisotopic (exact) mass is 352 g/mol. The smallest absolute Gasteiger partial charge is 0.410 e. The van der Waals surface area contributed by atoms with E-state index < -0.39 is 0 Å². The molecule has 0 N–H and O–H groups in total. The first kappa shape index (κ1) is 17.1. The maximum atomic E-state index is 12.5. The van der Waals surface area contributed by atoms with Gasteiger partial charge in [-0.05, 0) is 43.6 Å². The Morgan fingerprint density at radius 1 is 1.38 bits per heavy atom. The number of hydrogen-bond donors (Lipinski definition) is 0. The predicted molar refractivity (Wildman–Crippen MR) is 90.0 cm³/mol. The van der Waals surface area contributed by atoms with Crippen molar-refractivity contribution in [3.05, 3.63) is 10.6 Å². The van der Waals surface area contributed by atoms with Crippen molar-refractivity contribution < 1.29 is 14.3 Å². The van der Waals surface area contributed by atoms with Crippen molar-refractivity contribution in [2.24, 2.45) is 5.92 Å². The summed E-state index contributed by atoms with van der Waals surface area (Å²) < 4.78 is 9.11. The molecule has 8 heteroatoms. The highest BCUT2D eigenvalue weighted by Gasteiger charge is 2.40. The highest BCUT2D eigenvalue weighted by molar-refractivity contribution is 7.07. The number of ether oxygens (including phenoxy) is 1. The summed E-state index contributed by atoms with van der Waals surface area (Å²) in [6.07, 6.45) is 2.34. The second-order valence-electron chi connectivity index (χ2n) is 6.98. The molecule has 2 amide bonds. The molecule has 0 radical (unpaired) electrons. The molecule has 24 heavy (non-hydrogen) atoms. The summed E-state index contributed by atoms with van der Waals surface area (Å²) in [4.78, 5) is 29.0. The molecular formula is C16H24N4O3S. The Balaban J connectivity index is 1.61. The summed E-state index contributed by atoms with van der Waals surface area (Å²) in [6.45, 7) is 7.92. The molecule has 2 fully saturated rings. The molecule has 2 aliphatic heterocycles. The zero-order valence-electron chi connectivity index (χ0n) is 14.4. The first-order valence-electron chi connectivity index (χ1n) is 8.50. The van der Waals surface area contributed by atoms with Gasteiger partial charge in [-0.25, -0.2) is 4.79 Å². The van der Waals surface area contributed by atoms with Gasteiger partial charge in [-0.1, -0.05) is 18.3 Å². The van der Waals surface area contributed by atoms with E-state index in [0.717, 1.165) is 30.8 Å². The summed E-state index contributed by atoms with van der Waals surface area (Å²) >= 11 is 1.15. The van der Waals surface area contributed by atoms with Crippen LogP contribution in [-0.4, -0.2) is 63.2 Å². The second-order valence-corrected chi connectivity index (χ2v) is 7.73. The van der Waals surface area contributed by atoms with E-state index in [9.17, 15) is 9.59 Å². The van der Waals surface area contributed by atoms with E-state index in [1.54, 1.807) is 6.92 Å². The van der Waals surface area contributed by atoms with Crippen molar-refractivity contribution in [1.82, 2.24) is 19.4 Å². The molecule has 2 aliphatic rings. The minimum atomic E-state index is -0.201. The van der Waals surface area contributed by atoms with Gasteiger partial charge in [0.2, 0.25) is 0 Å². The lowest BCUT2D eigenvalue weighted by Crippen LogP contribution is -2.50. The molecule has 0 aliphatic carbocycles. The van der Waals surface area contributed by atoms with Crippen molar-refractivity contribution in [3.8, 4) is 0 Å². The number of amides is 2. The Kier molecular flexibility index (Phi) is 5.03. The van der Waals surface area contributed by atoms with Crippen LogP contribution in [0.25, 0.3) is 0 Å². The topological polar surface area (TPSA) is 75.6 Å². The zero-order valence-corrected chi connectivity index (χ0v) is 15.2. The molecule has 7 nitrogen and oxygen atoms in total. The minimum absolute atomic E-state index is 0.00341. The van der Waals surface area contributed by atoms with Crippen LogP contribution in [0.3, 0.4) is 0 Å². The Bertz CT molecular complexity index is 610. The van der Waals surface area contributed by atoms with Crippen LogP contribution in [0, 0.1) is 12.8 Å². The van der Waals surface area contributed by atoms with Crippen LogP contribution in [0.15, 0.2) is 0 Å². The normalized spacial score (nSPS) is 22.3. The van der Waals surface area contributed by atoms with Crippen LogP contribution in [0.4, 0.5) is 4.79 Å². The quantitative estimate of drug-likeness (QED) is 0.831. The zero-order chi connectivity index (χ0) is 17.3. The second kappa shape index (κ2) is 7.04. The van der Waals surface area contributed by atoms with Crippen molar-refractivity contribution in [2.75, 3.05) is 19.7 Å². The lowest BCUT2D eigenvalue weighted by Gasteiger charge is -2.38. The van der Waals surface area contributed by atoms with E-state index in [1.807, 2.05) is 9.80 Å². The van der Waals surface area contributed by atoms with Gasteiger partial charge in [0.1, 0.15) is 11.5 Å². The molecule has 1 aromatic heterocycles. The van der Waals surface area contributed by atoms with E-state index in [-0.39, 0.29) is 24.1 Å². The number of carbonyl (C=O) groups excluding carboxylic acids is 2. The van der Waals surface area contributed by atoms with Gasteiger partial charge in [-0.15, -0.1) is 5.10 Å². The van der Waals surface area contributed by atoms with Gasteiger partial charge in [0, 0.05) is 19.1 Å². The summed E-state index contributed by atoms with van der Waals surface area (Å²) in [7, 11) is 0. The number of piperidine rings is 1. The van der Waals surface area contributed by atoms with Crippen LogP contribution in [0.5, 0.6) is 0 Å². The van der Waals surface area contributed by atoms with Crippen LogP contribution in [-0.2, 0) is 4.74 Å². The molecule has 2 saturated heterocycles. The Morgan fingerprint density at radius 3 is 2.67 bits per heavy atom. The van der Waals surface area contributed by atoms with E-state index in [2.05, 4.69) is 23.4 Å². The van der Waals surface area contributed by atoms with E-state index in [4.69, 9.17) is 4.74 Å². The van der Waals surface area contributed by atoms with E-state index >= 15 is 0 Å². The lowest BCUT2D eigenvalue weighted by atomic mass is 9.98. The summed E-state index contributed by atoms with van der Waals surface area (Å²) in [5.74, 6) is 0.527. The predicted octanol–water partition coefficient (Wildman–Crippen LogP) is 2.32. The molecule has 3 rings (SSSR count). The Labute approximate surface area is 146 Å². The average Bonchev–Trinajstić information content (AvgIpc) is 3.12. The van der Waals surface area contributed by atoms with Crippen molar-refractivity contribution in [2.45, 2.75) is 52.1 Å². The number of carbonyl (C=O) groups is 2. The fourth-order valence-corrected chi connectivity index (χ4v) is 4.19. The highest BCUT2D eigenvalue weighted by Crippen LogP contribution is 2.28. The van der Waals surface area contributed by atoms with Gasteiger partial charge < -0.3 is 9.64 Å². The number of nitrogens with zero attached hydrogens (tertiary/aromatic N) is 4. The van der Waals surface area contributed by atoms with Gasteiger partial charge in [0.15, 0.2) is 0 Å². The minimum Gasteiger partial charge on any atom is -0.447 e. The Morgan fingerprint density at radius 2 is 2.08 bits per heavy atom. The lowest BCUT2D eigenvalue weighted by molar-refractivity contribution is 0.0634. The molecule has 1 aromatic rings. The maximum Gasteiger partial charge on any atom is 0.410 e. The fourth-order valence-electron chi connectivity index (χ4n) is 3.56. The molecule has 0 spiro atoms. The third-order valence-electron chi connectivity index (χ3n) is 4.74. The largest absolute Gasteiger partial charge is 0.447 e. The molecule has 0 saturated carbocycles. The van der Waals surface area contributed by atoms with Gasteiger partial charge in [0.25, 0.3) is 5.91 Å². The standard InChI is InChI=1S/C16H24N4O3S/c1-10(2)8-13-9-23-16(22)20(13)12-4-6-19(7-5-12)15(21)14-11(3)17-18-24-14/h10,12-13H,4-9H2,1-3H3/t13-/m0/s1. The molecule has 132 valence electrons. The molecular weight excluding hydrogens is 328 g/mol. The summed E-state index contributed by atoms with van der Waals surface area (Å²) in [5.41, 5.74) is 0.687. The maximum absolute atomic E-state index is 12.5. The number of likely N-dealkylation sites (tertiary alicyclic amines) is 1. The number of aromatic nitrogens is 2. The first-order chi connectivity index (χ1) is 11.5. The summed E-state index contributed by atoms with van der Waals surface area (Å²) in [6, 6.07) is 0.325.